The van der Waals surface area contributed by atoms with Crippen LogP contribution in [0.2, 0.25) is 0 Å². The van der Waals surface area contributed by atoms with Crippen LogP contribution in [-0.4, -0.2) is 18.7 Å². The van der Waals surface area contributed by atoms with E-state index in [0.29, 0.717) is 0 Å². The van der Waals surface area contributed by atoms with Crippen molar-refractivity contribution in [3.8, 4) is 11.1 Å². The molecule has 0 fully saturated rings. The van der Waals surface area contributed by atoms with Gasteiger partial charge in [-0.25, -0.2) is 4.98 Å². The molecule has 0 N–H and O–H groups in total. The first-order chi connectivity index (χ1) is 11.7. The molecule has 0 unspecified atom stereocenters. The molecular weight excluding hydrogens is 499 g/mol. The lowest BCUT2D eigenvalue weighted by molar-refractivity contribution is 0.687. The standard InChI is InChI=1S/C17H12BrIN4S/c18-14-6-15-16(11-23(24-19)17(15)20-8-14)13-7-21-22(10-13)9-12-4-2-1-3-5-12/h1-8,10-11H,9H2. The van der Waals surface area contributed by atoms with Crippen molar-refractivity contribution in [3.63, 3.8) is 0 Å². The van der Waals surface area contributed by atoms with E-state index in [0.717, 1.165) is 33.2 Å². The van der Waals surface area contributed by atoms with E-state index >= 15 is 0 Å². The lowest BCUT2D eigenvalue weighted by Gasteiger charge is -2.00. The second-order valence-electron chi connectivity index (χ2n) is 5.37. The fourth-order valence-corrected chi connectivity index (χ4v) is 4.28. The molecular formula is C17H12BrIN4S. The highest BCUT2D eigenvalue weighted by Crippen LogP contribution is 2.34. The predicted octanol–water partition coefficient (Wildman–Crippen LogP) is 5.56. The summed E-state index contributed by atoms with van der Waals surface area (Å²) in [6.45, 7) is 0.766. The van der Waals surface area contributed by atoms with E-state index in [9.17, 15) is 0 Å². The number of halogens is 2. The quantitative estimate of drug-likeness (QED) is 0.337. The molecule has 0 radical (unpaired) electrons. The molecule has 4 rings (SSSR count). The second-order valence-corrected chi connectivity index (χ2v) is 8.00. The Morgan fingerprint density at radius 2 is 1.96 bits per heavy atom. The van der Waals surface area contributed by atoms with Crippen LogP contribution in [0.5, 0.6) is 0 Å². The molecule has 7 heteroatoms. The Hall–Kier alpha value is -1.32. The molecule has 0 atom stereocenters. The molecule has 0 bridgehead atoms. The molecule has 24 heavy (non-hydrogen) atoms. The fraction of sp³-hybridized carbons (Fsp3) is 0.0588. The maximum atomic E-state index is 4.54. The van der Waals surface area contributed by atoms with Crippen molar-refractivity contribution in [1.82, 2.24) is 18.7 Å². The van der Waals surface area contributed by atoms with Gasteiger partial charge in [-0.2, -0.15) is 5.10 Å². The van der Waals surface area contributed by atoms with Crippen LogP contribution >= 0.6 is 46.3 Å². The first-order valence-electron chi connectivity index (χ1n) is 7.27. The minimum Gasteiger partial charge on any atom is -0.268 e. The Balaban J connectivity index is 1.74. The van der Waals surface area contributed by atoms with Gasteiger partial charge >= 0.3 is 0 Å². The minimum absolute atomic E-state index is 0.766. The molecule has 0 saturated carbocycles. The zero-order valence-corrected chi connectivity index (χ0v) is 17.0. The highest BCUT2D eigenvalue weighted by Gasteiger charge is 2.13. The first kappa shape index (κ1) is 16.2. The molecule has 4 aromatic rings. The summed E-state index contributed by atoms with van der Waals surface area (Å²) < 4.78 is 5.02. The summed E-state index contributed by atoms with van der Waals surface area (Å²) in [4.78, 5) is 4.54. The normalized spacial score (nSPS) is 11.2. The van der Waals surface area contributed by atoms with E-state index < -0.39 is 0 Å². The van der Waals surface area contributed by atoms with Crippen molar-refractivity contribution < 1.29 is 0 Å². The Kier molecular flexibility index (Phi) is 4.64. The van der Waals surface area contributed by atoms with Crippen LogP contribution in [0.4, 0.5) is 0 Å². The molecule has 3 aromatic heterocycles. The van der Waals surface area contributed by atoms with Gasteiger partial charge in [0.15, 0.2) is 5.65 Å². The average molecular weight is 511 g/mol. The van der Waals surface area contributed by atoms with Crippen LogP contribution in [0.15, 0.2) is 65.7 Å². The predicted molar refractivity (Wildman–Crippen MR) is 111 cm³/mol. The van der Waals surface area contributed by atoms with E-state index in [-0.39, 0.29) is 0 Å². The van der Waals surface area contributed by atoms with Crippen LogP contribution in [0.1, 0.15) is 5.56 Å². The van der Waals surface area contributed by atoms with Crippen LogP contribution in [-0.2, 0) is 6.54 Å². The Bertz CT molecular complexity index is 996. The minimum atomic E-state index is 0.766. The number of fused-ring (bicyclic) bond motifs is 1. The molecule has 0 saturated heterocycles. The lowest BCUT2D eigenvalue weighted by Crippen LogP contribution is -1.99. The van der Waals surface area contributed by atoms with Gasteiger partial charge in [-0.05, 0) is 27.6 Å². The van der Waals surface area contributed by atoms with E-state index in [1.807, 2.05) is 35.3 Å². The zero-order chi connectivity index (χ0) is 16.5. The van der Waals surface area contributed by atoms with Gasteiger partial charge in [0.05, 0.1) is 12.7 Å². The molecule has 0 amide bonds. The number of pyridine rings is 1. The van der Waals surface area contributed by atoms with Crippen molar-refractivity contribution in [2.75, 3.05) is 0 Å². The molecule has 3 heterocycles. The third-order valence-electron chi connectivity index (χ3n) is 3.78. The summed E-state index contributed by atoms with van der Waals surface area (Å²) in [5, 5.41) is 5.64. The highest BCUT2D eigenvalue weighted by atomic mass is 127. The molecule has 4 nitrogen and oxygen atoms in total. The number of aromatic nitrogens is 4. The number of nitrogens with zero attached hydrogens (tertiary/aromatic N) is 4. The van der Waals surface area contributed by atoms with Gasteiger partial charge in [-0.1, -0.05) is 30.3 Å². The van der Waals surface area contributed by atoms with E-state index in [1.54, 1.807) is 9.12 Å². The maximum absolute atomic E-state index is 4.54. The van der Waals surface area contributed by atoms with Gasteiger partial charge in [0.2, 0.25) is 0 Å². The third-order valence-corrected chi connectivity index (χ3v) is 5.92. The monoisotopic (exact) mass is 510 g/mol. The van der Waals surface area contributed by atoms with Crippen LogP contribution < -0.4 is 0 Å². The van der Waals surface area contributed by atoms with Crippen LogP contribution in [0.25, 0.3) is 22.2 Å². The third kappa shape index (κ3) is 3.12. The van der Waals surface area contributed by atoms with Crippen molar-refractivity contribution in [3.05, 3.63) is 71.2 Å². The first-order valence-corrected chi connectivity index (χ1v) is 11.4. The van der Waals surface area contributed by atoms with E-state index in [4.69, 9.17) is 0 Å². The molecule has 120 valence electrons. The van der Waals surface area contributed by atoms with Gasteiger partial charge in [0, 0.05) is 69.9 Å². The fourth-order valence-electron chi connectivity index (χ4n) is 2.70. The molecule has 0 aliphatic rings. The summed E-state index contributed by atoms with van der Waals surface area (Å²) in [6.07, 6.45) is 7.95. The van der Waals surface area contributed by atoms with Gasteiger partial charge < -0.3 is 0 Å². The summed E-state index contributed by atoms with van der Waals surface area (Å²) in [6, 6.07) is 12.5. The molecule has 0 aliphatic heterocycles. The van der Waals surface area contributed by atoms with Gasteiger partial charge in [0.1, 0.15) is 0 Å². The largest absolute Gasteiger partial charge is 0.268 e. The van der Waals surface area contributed by atoms with E-state index in [1.165, 1.54) is 5.56 Å². The maximum Gasteiger partial charge on any atom is 0.151 e. The second kappa shape index (κ2) is 6.89. The number of hydrogen-bond donors (Lipinski definition) is 0. The molecule has 1 aromatic carbocycles. The Morgan fingerprint density at radius 3 is 2.75 bits per heavy atom. The Labute approximate surface area is 164 Å². The van der Waals surface area contributed by atoms with Crippen molar-refractivity contribution in [2.24, 2.45) is 0 Å². The number of rotatable bonds is 4. The van der Waals surface area contributed by atoms with Crippen molar-refractivity contribution in [1.29, 1.82) is 0 Å². The van der Waals surface area contributed by atoms with Crippen molar-refractivity contribution >= 4 is 57.3 Å². The van der Waals surface area contributed by atoms with Gasteiger partial charge in [-0.15, -0.1) is 0 Å². The highest BCUT2D eigenvalue weighted by molar-refractivity contribution is 14.2. The van der Waals surface area contributed by atoms with Crippen molar-refractivity contribution in [2.45, 2.75) is 6.54 Å². The van der Waals surface area contributed by atoms with Crippen LogP contribution in [0, 0.1) is 0 Å². The molecule has 0 spiro atoms. The SMILES string of the molecule is Brc1cnc2c(c1)c(-c1cnn(Cc3ccccc3)c1)cn2SI. The summed E-state index contributed by atoms with van der Waals surface area (Å²) in [5.74, 6) is 0. The van der Waals surface area contributed by atoms with Gasteiger partial charge in [-0.3, -0.25) is 8.65 Å². The zero-order valence-electron chi connectivity index (χ0n) is 12.4. The van der Waals surface area contributed by atoms with Crippen LogP contribution in [0.3, 0.4) is 0 Å². The molecule has 0 aliphatic carbocycles. The summed E-state index contributed by atoms with van der Waals surface area (Å²) in [5.41, 5.74) is 4.44. The summed E-state index contributed by atoms with van der Waals surface area (Å²) >= 11 is 5.79. The summed E-state index contributed by atoms with van der Waals surface area (Å²) in [7, 11) is 1.61. The smallest absolute Gasteiger partial charge is 0.151 e. The topological polar surface area (TPSA) is 35.6 Å². The van der Waals surface area contributed by atoms with Gasteiger partial charge in [0.25, 0.3) is 0 Å². The van der Waals surface area contributed by atoms with E-state index in [2.05, 4.69) is 81.8 Å². The number of benzene rings is 1. The number of hydrogen-bond acceptors (Lipinski definition) is 3. The Morgan fingerprint density at radius 1 is 1.12 bits per heavy atom. The average Bonchev–Trinajstić information content (AvgIpc) is 3.19. The lowest BCUT2D eigenvalue weighted by atomic mass is 10.1.